The summed E-state index contributed by atoms with van der Waals surface area (Å²) in [5.74, 6) is -13.5. The van der Waals surface area contributed by atoms with E-state index in [1.807, 2.05) is 0 Å². The highest BCUT2D eigenvalue weighted by Crippen LogP contribution is 2.29. The lowest BCUT2D eigenvalue weighted by Gasteiger charge is -2.10. The third-order valence-corrected chi connectivity index (χ3v) is 4.86. The molecule has 0 aromatic heterocycles. The van der Waals surface area contributed by atoms with Gasteiger partial charge in [0.05, 0.1) is 4.90 Å². The number of hydrogen-bond acceptors (Lipinski definition) is 5. The van der Waals surface area contributed by atoms with Crippen LogP contribution in [-0.4, -0.2) is 16.8 Å². The molecular weight excluding hydrogens is 399 g/mol. The molecule has 0 N–H and O–H groups in total. The van der Waals surface area contributed by atoms with Crippen molar-refractivity contribution in [2.24, 2.45) is 0 Å². The highest BCUT2D eigenvalue weighted by Gasteiger charge is 2.35. The Labute approximate surface area is 137 Å². The van der Waals surface area contributed by atoms with Crippen molar-refractivity contribution in [3.05, 3.63) is 53.4 Å². The van der Waals surface area contributed by atoms with Gasteiger partial charge in [-0.3, -0.25) is 0 Å². The van der Waals surface area contributed by atoms with Gasteiger partial charge in [-0.05, 0) is 24.3 Å². The quantitative estimate of drug-likeness (QED) is 0.338. The van der Waals surface area contributed by atoms with Crippen LogP contribution in [-0.2, 0) is 24.8 Å². The van der Waals surface area contributed by atoms with Crippen LogP contribution in [0, 0.1) is 29.1 Å². The van der Waals surface area contributed by atoms with Crippen LogP contribution in [0.1, 0.15) is 0 Å². The monoisotopic (exact) mass is 403 g/mol. The molecule has 1 radical (unpaired) electrons. The smallest absolute Gasteiger partial charge is 0.345 e. The van der Waals surface area contributed by atoms with Gasteiger partial charge in [-0.2, -0.15) is 16.8 Å². The van der Waals surface area contributed by atoms with Crippen LogP contribution in [0.4, 0.5) is 22.0 Å². The molecule has 0 aliphatic heterocycles. The zero-order valence-electron chi connectivity index (χ0n) is 11.5. The summed E-state index contributed by atoms with van der Waals surface area (Å²) < 4.78 is 126. The molecule has 6 nitrogen and oxygen atoms in total. The largest absolute Gasteiger partial charge is 0.379 e. The van der Waals surface area contributed by atoms with E-state index >= 15 is 0 Å². The minimum absolute atomic E-state index is 0.617. The van der Waals surface area contributed by atoms with Gasteiger partial charge in [-0.1, -0.05) is 4.55 Å². The first-order valence-electron chi connectivity index (χ1n) is 5.88. The molecule has 0 saturated heterocycles. The Kier molecular flexibility index (Phi) is 4.76. The summed E-state index contributed by atoms with van der Waals surface area (Å²) in [5, 5.41) is 0. The highest BCUT2D eigenvalue weighted by molar-refractivity contribution is 7.87. The summed E-state index contributed by atoms with van der Waals surface area (Å²) in [5.41, 5.74) is 0. The van der Waals surface area contributed by atoms with Crippen molar-refractivity contribution >= 4 is 20.2 Å². The molecular formula is C12H4F5O6S2. The second-order valence-electron chi connectivity index (χ2n) is 4.36. The van der Waals surface area contributed by atoms with Crippen LogP contribution in [0.2, 0.25) is 0 Å². The zero-order chi connectivity index (χ0) is 19.2. The fourth-order valence-corrected chi connectivity index (χ4v) is 3.17. The lowest BCUT2D eigenvalue weighted by molar-refractivity contribution is 0.352. The average molecular weight is 403 g/mol. The van der Waals surface area contributed by atoms with Gasteiger partial charge in [0, 0.05) is 0 Å². The minimum atomic E-state index is -5.51. The van der Waals surface area contributed by atoms with E-state index in [-0.39, 0.29) is 0 Å². The van der Waals surface area contributed by atoms with Gasteiger partial charge in [-0.15, -0.1) is 0 Å². The van der Waals surface area contributed by atoms with Crippen LogP contribution in [0.15, 0.2) is 34.1 Å². The van der Waals surface area contributed by atoms with Crippen molar-refractivity contribution < 1.29 is 47.5 Å². The Morgan fingerprint density at radius 1 is 0.680 bits per heavy atom. The van der Waals surface area contributed by atoms with E-state index in [0.29, 0.717) is 24.3 Å². The molecule has 0 aliphatic carbocycles. The van der Waals surface area contributed by atoms with Crippen molar-refractivity contribution in [3.8, 4) is 5.75 Å². The maximum Gasteiger partial charge on any atom is 0.345 e. The zero-order valence-corrected chi connectivity index (χ0v) is 13.1. The standard InChI is InChI=1S/C12H4F5O6S2/c13-7-8(14)10(16)12(11(17)9(7)15)25(21,22)23-5-1-3-6(4-2-5)24(18,19)20/h1-4H. The molecule has 0 spiro atoms. The fraction of sp³-hybridized carbons (Fsp3) is 0. The van der Waals surface area contributed by atoms with Crippen LogP contribution in [0.25, 0.3) is 0 Å². The Bertz CT molecular complexity index is 1020. The maximum absolute atomic E-state index is 13.5. The molecule has 0 saturated carbocycles. The van der Waals surface area contributed by atoms with E-state index in [1.54, 1.807) is 0 Å². The molecule has 2 aromatic rings. The van der Waals surface area contributed by atoms with E-state index in [0.717, 1.165) is 0 Å². The third-order valence-electron chi connectivity index (χ3n) is 2.74. The summed E-state index contributed by atoms with van der Waals surface area (Å²) in [6.45, 7) is 0. The molecule has 0 atom stereocenters. The molecule has 0 heterocycles. The van der Waals surface area contributed by atoms with Gasteiger partial charge in [0.2, 0.25) is 5.82 Å². The van der Waals surface area contributed by atoms with Crippen molar-refractivity contribution in [2.75, 3.05) is 0 Å². The van der Waals surface area contributed by atoms with E-state index in [9.17, 15) is 43.3 Å². The number of rotatable bonds is 4. The number of halogens is 5. The SMILES string of the molecule is [O]S(=O)(=O)c1ccc(OS(=O)(=O)c2c(F)c(F)c(F)c(F)c2F)cc1. The van der Waals surface area contributed by atoms with Crippen molar-refractivity contribution in [1.82, 2.24) is 0 Å². The first kappa shape index (κ1) is 19.1. The van der Waals surface area contributed by atoms with Crippen LogP contribution < -0.4 is 4.18 Å². The molecule has 135 valence electrons. The van der Waals surface area contributed by atoms with Crippen LogP contribution >= 0.6 is 0 Å². The van der Waals surface area contributed by atoms with Crippen molar-refractivity contribution in [3.63, 3.8) is 0 Å². The molecule has 0 bridgehead atoms. The van der Waals surface area contributed by atoms with Gasteiger partial charge >= 0.3 is 20.2 Å². The molecule has 13 heteroatoms. The first-order chi connectivity index (χ1) is 11.4. The summed E-state index contributed by atoms with van der Waals surface area (Å²) in [4.78, 5) is -2.99. The highest BCUT2D eigenvalue weighted by atomic mass is 32.2. The summed E-state index contributed by atoms with van der Waals surface area (Å²) in [6.07, 6.45) is 0. The second-order valence-corrected chi connectivity index (χ2v) is 7.22. The normalized spacial score (nSPS) is 12.2. The van der Waals surface area contributed by atoms with Gasteiger partial charge in [0.15, 0.2) is 28.2 Å². The predicted molar refractivity (Wildman–Crippen MR) is 68.4 cm³/mol. The first-order valence-corrected chi connectivity index (χ1v) is 8.70. The second kappa shape index (κ2) is 6.24. The van der Waals surface area contributed by atoms with Gasteiger partial charge in [0.1, 0.15) is 5.75 Å². The molecule has 0 aliphatic rings. The fourth-order valence-electron chi connectivity index (χ4n) is 1.63. The molecule has 2 rings (SSSR count). The Morgan fingerprint density at radius 2 is 1.08 bits per heavy atom. The topological polar surface area (TPSA) is 97.4 Å². The number of benzene rings is 2. The summed E-state index contributed by atoms with van der Waals surface area (Å²) >= 11 is 0. The van der Waals surface area contributed by atoms with E-state index < -0.39 is 64.9 Å². The van der Waals surface area contributed by atoms with Crippen LogP contribution in [0.5, 0.6) is 5.75 Å². The van der Waals surface area contributed by atoms with E-state index in [4.69, 9.17) is 0 Å². The summed E-state index contributed by atoms with van der Waals surface area (Å²) in [6, 6.07) is 2.50. The molecule has 0 unspecified atom stereocenters. The Hall–Kier alpha value is -2.25. The molecule has 25 heavy (non-hydrogen) atoms. The van der Waals surface area contributed by atoms with Gasteiger partial charge in [0.25, 0.3) is 0 Å². The predicted octanol–water partition coefficient (Wildman–Crippen LogP) is 2.27. The lowest BCUT2D eigenvalue weighted by atomic mass is 10.3. The Morgan fingerprint density at radius 3 is 1.48 bits per heavy atom. The van der Waals surface area contributed by atoms with E-state index in [1.165, 1.54) is 0 Å². The van der Waals surface area contributed by atoms with E-state index in [2.05, 4.69) is 4.18 Å². The summed E-state index contributed by atoms with van der Waals surface area (Å²) in [7, 11) is -10.4. The van der Waals surface area contributed by atoms with Crippen molar-refractivity contribution in [1.29, 1.82) is 0 Å². The number of hydrogen-bond donors (Lipinski definition) is 0. The lowest BCUT2D eigenvalue weighted by Crippen LogP contribution is -2.17. The molecule has 0 fully saturated rings. The molecule has 0 amide bonds. The minimum Gasteiger partial charge on any atom is -0.379 e. The third kappa shape index (κ3) is 3.57. The molecule has 2 aromatic carbocycles. The average Bonchev–Trinajstić information content (AvgIpc) is 2.50. The van der Waals surface area contributed by atoms with Crippen molar-refractivity contribution in [2.45, 2.75) is 9.79 Å². The van der Waals surface area contributed by atoms with Gasteiger partial charge in [-0.25, -0.2) is 22.0 Å². The Balaban J connectivity index is 2.51. The maximum atomic E-state index is 13.5. The van der Waals surface area contributed by atoms with Gasteiger partial charge < -0.3 is 4.18 Å². The van der Waals surface area contributed by atoms with Crippen LogP contribution in [0.3, 0.4) is 0 Å².